The number of rotatable bonds is 6. The van der Waals surface area contributed by atoms with E-state index >= 15 is 0 Å². The molecule has 2 aliphatic rings. The summed E-state index contributed by atoms with van der Waals surface area (Å²) in [4.78, 5) is 34.3. The first kappa shape index (κ1) is 22.6. The van der Waals surface area contributed by atoms with E-state index in [9.17, 15) is 14.7 Å². The van der Waals surface area contributed by atoms with Gasteiger partial charge in [0.1, 0.15) is 6.04 Å². The van der Waals surface area contributed by atoms with E-state index in [0.717, 1.165) is 40.6 Å². The molecular formula is C30H29N3O3. The Morgan fingerprint density at radius 3 is 2.39 bits per heavy atom. The number of H-pyrrole nitrogens is 1. The molecule has 3 heterocycles. The molecule has 2 amide bonds. The van der Waals surface area contributed by atoms with Crippen LogP contribution >= 0.6 is 0 Å². The molecule has 6 rings (SSSR count). The maximum absolute atomic E-state index is 13.8. The highest BCUT2D eigenvalue weighted by atomic mass is 16.3. The number of carbonyl (C=O) groups is 2. The van der Waals surface area contributed by atoms with Gasteiger partial charge in [0.05, 0.1) is 25.2 Å². The van der Waals surface area contributed by atoms with Gasteiger partial charge in [-0.2, -0.15) is 0 Å². The fraction of sp³-hybridized carbons (Fsp3) is 0.267. The number of aromatic nitrogens is 1. The second-order valence-corrected chi connectivity index (χ2v) is 9.77. The summed E-state index contributed by atoms with van der Waals surface area (Å²) in [6.45, 7) is 0.0883. The standard InChI is InChI=1S/C30H29N3O3/c34-27(21-11-5-2-6-12-21)18-32-19-28(35)33-25(16-15-20-9-3-1-4-10-20)29-23(17-26(33)30(32)36)22-13-7-8-14-24(22)31-29/h1-14,25-27,31,34H,15-19H2/t25-,26-,27-/m0/s1. The number of amides is 2. The van der Waals surface area contributed by atoms with Crippen molar-refractivity contribution in [2.45, 2.75) is 37.5 Å². The van der Waals surface area contributed by atoms with Gasteiger partial charge in [-0.1, -0.05) is 78.9 Å². The van der Waals surface area contributed by atoms with Crippen LogP contribution in [0.5, 0.6) is 0 Å². The fourth-order valence-electron chi connectivity index (χ4n) is 5.84. The third-order valence-electron chi connectivity index (χ3n) is 7.59. The summed E-state index contributed by atoms with van der Waals surface area (Å²) in [6, 6.07) is 26.9. The first-order chi connectivity index (χ1) is 17.6. The van der Waals surface area contributed by atoms with Crippen molar-refractivity contribution in [3.63, 3.8) is 0 Å². The number of aryl methyl sites for hydroxylation is 1. The highest BCUT2D eigenvalue weighted by Gasteiger charge is 2.47. The van der Waals surface area contributed by atoms with Crippen LogP contribution in [0.3, 0.4) is 0 Å². The molecule has 36 heavy (non-hydrogen) atoms. The second-order valence-electron chi connectivity index (χ2n) is 9.77. The zero-order chi connectivity index (χ0) is 24.6. The van der Waals surface area contributed by atoms with Crippen molar-refractivity contribution >= 4 is 22.7 Å². The molecule has 1 fully saturated rings. The summed E-state index contributed by atoms with van der Waals surface area (Å²) in [5.74, 6) is -0.160. The van der Waals surface area contributed by atoms with Gasteiger partial charge >= 0.3 is 0 Å². The van der Waals surface area contributed by atoms with Gasteiger partial charge in [-0.25, -0.2) is 0 Å². The summed E-state index contributed by atoms with van der Waals surface area (Å²) < 4.78 is 0. The van der Waals surface area contributed by atoms with Gasteiger partial charge in [0.2, 0.25) is 11.8 Å². The molecule has 4 aromatic rings. The Labute approximate surface area is 210 Å². The monoisotopic (exact) mass is 479 g/mol. The maximum Gasteiger partial charge on any atom is 0.246 e. The zero-order valence-corrected chi connectivity index (χ0v) is 20.0. The van der Waals surface area contributed by atoms with E-state index in [-0.39, 0.29) is 30.9 Å². The number of aliphatic hydroxyl groups is 1. The van der Waals surface area contributed by atoms with Crippen LogP contribution in [0.25, 0.3) is 10.9 Å². The molecule has 2 aliphatic heterocycles. The minimum Gasteiger partial charge on any atom is -0.387 e. The van der Waals surface area contributed by atoms with Gasteiger partial charge in [-0.15, -0.1) is 0 Å². The lowest BCUT2D eigenvalue weighted by molar-refractivity contribution is -0.161. The number of aromatic amines is 1. The number of β-amino-alcohol motifs (C(OH)–C–C–N with tert-alkyl or cyclic N) is 1. The van der Waals surface area contributed by atoms with Crippen LogP contribution in [0.1, 0.15) is 41.0 Å². The molecule has 0 radical (unpaired) electrons. The number of carbonyl (C=O) groups excluding carboxylic acids is 2. The number of nitrogens with one attached hydrogen (secondary N) is 1. The number of benzene rings is 3. The number of nitrogens with zero attached hydrogens (tertiary/aromatic N) is 2. The van der Waals surface area contributed by atoms with Crippen molar-refractivity contribution in [1.82, 2.24) is 14.8 Å². The molecule has 6 heteroatoms. The van der Waals surface area contributed by atoms with Crippen molar-refractivity contribution in [2.24, 2.45) is 0 Å². The molecule has 0 aliphatic carbocycles. The van der Waals surface area contributed by atoms with Crippen molar-refractivity contribution < 1.29 is 14.7 Å². The molecule has 3 atom stereocenters. The number of hydrogen-bond donors (Lipinski definition) is 2. The average Bonchev–Trinajstić information content (AvgIpc) is 3.29. The van der Waals surface area contributed by atoms with Gasteiger partial charge in [-0.3, -0.25) is 9.59 Å². The average molecular weight is 480 g/mol. The van der Waals surface area contributed by atoms with Gasteiger partial charge in [0.25, 0.3) is 0 Å². The third kappa shape index (κ3) is 3.97. The Morgan fingerprint density at radius 2 is 1.61 bits per heavy atom. The third-order valence-corrected chi connectivity index (χ3v) is 7.59. The number of aliphatic hydroxyl groups excluding tert-OH is 1. The SMILES string of the molecule is O=C1[C@@H]2Cc3c([nH]c4ccccc34)[C@H](CCc3ccccc3)N2C(=O)CN1C[C@H](O)c1ccccc1. The van der Waals surface area contributed by atoms with E-state index in [0.29, 0.717) is 6.42 Å². The normalized spacial score (nSPS) is 20.4. The molecule has 0 bridgehead atoms. The number of piperazine rings is 1. The van der Waals surface area contributed by atoms with Crippen LogP contribution in [0, 0.1) is 0 Å². The first-order valence-electron chi connectivity index (χ1n) is 12.6. The molecule has 3 aromatic carbocycles. The minimum atomic E-state index is -0.837. The van der Waals surface area contributed by atoms with Crippen molar-refractivity contribution in [2.75, 3.05) is 13.1 Å². The van der Waals surface area contributed by atoms with Crippen molar-refractivity contribution in [1.29, 1.82) is 0 Å². The molecular weight excluding hydrogens is 450 g/mol. The maximum atomic E-state index is 13.8. The summed E-state index contributed by atoms with van der Waals surface area (Å²) >= 11 is 0. The molecule has 1 saturated heterocycles. The molecule has 6 nitrogen and oxygen atoms in total. The van der Waals surface area contributed by atoms with Crippen LogP contribution in [0.15, 0.2) is 84.9 Å². The smallest absolute Gasteiger partial charge is 0.246 e. The quantitative estimate of drug-likeness (QED) is 0.436. The van der Waals surface area contributed by atoms with E-state index in [1.807, 2.05) is 71.6 Å². The Hall–Kier alpha value is -3.90. The van der Waals surface area contributed by atoms with Crippen LogP contribution in [-0.2, 0) is 22.4 Å². The minimum absolute atomic E-state index is 0.0172. The van der Waals surface area contributed by atoms with Gasteiger partial charge in [0, 0.05) is 23.0 Å². The van der Waals surface area contributed by atoms with E-state index in [1.165, 1.54) is 10.5 Å². The molecule has 0 saturated carbocycles. The Bertz CT molecular complexity index is 1400. The molecule has 2 N–H and O–H groups in total. The van der Waals surface area contributed by atoms with Gasteiger partial charge in [-0.05, 0) is 35.6 Å². The number of fused-ring (bicyclic) bond motifs is 4. The fourth-order valence-corrected chi connectivity index (χ4v) is 5.84. The largest absolute Gasteiger partial charge is 0.387 e. The molecule has 0 spiro atoms. The van der Waals surface area contributed by atoms with Crippen LogP contribution < -0.4 is 0 Å². The van der Waals surface area contributed by atoms with Gasteiger partial charge in [0.15, 0.2) is 0 Å². The predicted octanol–water partition coefficient (Wildman–Crippen LogP) is 4.17. The Kier molecular flexibility index (Phi) is 5.82. The molecule has 1 aromatic heterocycles. The highest BCUT2D eigenvalue weighted by molar-refractivity contribution is 5.97. The topological polar surface area (TPSA) is 76.6 Å². The number of para-hydroxylation sites is 1. The first-order valence-corrected chi connectivity index (χ1v) is 12.6. The highest BCUT2D eigenvalue weighted by Crippen LogP contribution is 2.41. The van der Waals surface area contributed by atoms with E-state index in [2.05, 4.69) is 23.2 Å². The molecule has 0 unspecified atom stereocenters. The molecule has 182 valence electrons. The van der Waals surface area contributed by atoms with Crippen LogP contribution in [0.4, 0.5) is 0 Å². The summed E-state index contributed by atoms with van der Waals surface area (Å²) in [7, 11) is 0. The van der Waals surface area contributed by atoms with Crippen LogP contribution in [-0.4, -0.2) is 50.8 Å². The lowest BCUT2D eigenvalue weighted by Crippen LogP contribution is -2.63. The summed E-state index contributed by atoms with van der Waals surface area (Å²) in [6.07, 6.45) is 1.17. The Balaban J connectivity index is 1.33. The lowest BCUT2D eigenvalue weighted by atomic mass is 9.86. The van der Waals surface area contributed by atoms with Crippen molar-refractivity contribution in [3.05, 3.63) is 107 Å². The van der Waals surface area contributed by atoms with E-state index in [4.69, 9.17) is 0 Å². The van der Waals surface area contributed by atoms with Crippen molar-refractivity contribution in [3.8, 4) is 0 Å². The van der Waals surface area contributed by atoms with E-state index in [1.54, 1.807) is 0 Å². The lowest BCUT2D eigenvalue weighted by Gasteiger charge is -2.47. The van der Waals surface area contributed by atoms with Gasteiger partial charge < -0.3 is 19.9 Å². The zero-order valence-electron chi connectivity index (χ0n) is 20.0. The van der Waals surface area contributed by atoms with Crippen LogP contribution in [0.2, 0.25) is 0 Å². The summed E-state index contributed by atoms with van der Waals surface area (Å²) in [5.41, 5.74) is 5.14. The summed E-state index contributed by atoms with van der Waals surface area (Å²) in [5, 5.41) is 11.9. The Morgan fingerprint density at radius 1 is 0.917 bits per heavy atom. The second kappa shape index (κ2) is 9.28. The van der Waals surface area contributed by atoms with E-state index < -0.39 is 12.1 Å². The predicted molar refractivity (Wildman–Crippen MR) is 138 cm³/mol. The number of hydrogen-bond acceptors (Lipinski definition) is 3.